The van der Waals surface area contributed by atoms with Crippen LogP contribution in [0.3, 0.4) is 0 Å². The highest BCUT2D eigenvalue weighted by atomic mass is 19.1. The van der Waals surface area contributed by atoms with Gasteiger partial charge in [0.15, 0.2) is 0 Å². The summed E-state index contributed by atoms with van der Waals surface area (Å²) in [5.74, 6) is -0.553. The molecule has 1 aliphatic rings. The van der Waals surface area contributed by atoms with Crippen LogP contribution in [0.15, 0.2) is 54.9 Å². The molecule has 1 aromatic carbocycles. The number of piperidine rings is 1. The summed E-state index contributed by atoms with van der Waals surface area (Å²) in [5.41, 5.74) is 2.20. The quantitative estimate of drug-likeness (QED) is 0.785. The van der Waals surface area contributed by atoms with Crippen molar-refractivity contribution in [3.63, 3.8) is 0 Å². The molecule has 5 nitrogen and oxygen atoms in total. The van der Waals surface area contributed by atoms with E-state index in [1.807, 2.05) is 6.07 Å². The Morgan fingerprint density at radius 2 is 1.88 bits per heavy atom. The van der Waals surface area contributed by atoms with Crippen LogP contribution in [0.25, 0.3) is 5.65 Å². The molecule has 1 amide bonds. The van der Waals surface area contributed by atoms with E-state index < -0.39 is 0 Å². The number of aromatic nitrogens is 2. The van der Waals surface area contributed by atoms with Crippen molar-refractivity contribution in [1.82, 2.24) is 19.6 Å². The highest BCUT2D eigenvalue weighted by Gasteiger charge is 2.22. The molecular formula is C20H21FN4O. The molecule has 6 heteroatoms. The molecule has 2 aromatic heterocycles. The van der Waals surface area contributed by atoms with Gasteiger partial charge in [0.2, 0.25) is 0 Å². The molecule has 3 aromatic rings. The minimum absolute atomic E-state index is 0.149. The molecule has 0 saturated carbocycles. The molecular weight excluding hydrogens is 331 g/mol. The molecule has 0 aliphatic carbocycles. The molecule has 0 atom stereocenters. The molecule has 0 unspecified atom stereocenters. The van der Waals surface area contributed by atoms with Crippen LogP contribution in [0.4, 0.5) is 4.39 Å². The van der Waals surface area contributed by atoms with Gasteiger partial charge in [-0.2, -0.15) is 0 Å². The predicted octanol–water partition coefficient (Wildman–Crippen LogP) is 2.87. The van der Waals surface area contributed by atoms with Gasteiger partial charge in [-0.3, -0.25) is 9.69 Å². The average Bonchev–Trinajstić information content (AvgIpc) is 3.07. The zero-order valence-corrected chi connectivity index (χ0v) is 14.4. The molecule has 134 valence electrons. The first-order valence-corrected chi connectivity index (χ1v) is 8.89. The third-order valence-corrected chi connectivity index (χ3v) is 4.82. The standard InChI is InChI=1S/C20H21FN4O/c21-16-6-7-19-23-18(14-25(19)13-16)20(26)22-17-8-10-24(11-9-17)12-15-4-2-1-3-5-15/h1-7,13-14,17H,8-12H2,(H,22,26). The van der Waals surface area contributed by atoms with Gasteiger partial charge in [0.05, 0.1) is 0 Å². The van der Waals surface area contributed by atoms with E-state index in [9.17, 15) is 9.18 Å². The van der Waals surface area contributed by atoms with Gasteiger partial charge in [0.1, 0.15) is 17.2 Å². The molecule has 3 heterocycles. The Morgan fingerprint density at radius 3 is 2.65 bits per heavy atom. The Morgan fingerprint density at radius 1 is 1.12 bits per heavy atom. The fraction of sp³-hybridized carbons (Fsp3) is 0.300. The third-order valence-electron chi connectivity index (χ3n) is 4.82. The number of fused-ring (bicyclic) bond motifs is 1. The number of hydrogen-bond acceptors (Lipinski definition) is 3. The van der Waals surface area contributed by atoms with Crippen LogP contribution in [-0.4, -0.2) is 39.3 Å². The summed E-state index contributed by atoms with van der Waals surface area (Å²) in [6.45, 7) is 2.85. The van der Waals surface area contributed by atoms with Gasteiger partial charge in [-0.25, -0.2) is 9.37 Å². The van der Waals surface area contributed by atoms with Crippen molar-refractivity contribution in [3.05, 3.63) is 71.9 Å². The minimum atomic E-state index is -0.354. The molecule has 1 fully saturated rings. The van der Waals surface area contributed by atoms with Gasteiger partial charge >= 0.3 is 0 Å². The van der Waals surface area contributed by atoms with E-state index in [4.69, 9.17) is 0 Å². The summed E-state index contributed by atoms with van der Waals surface area (Å²) in [5, 5.41) is 3.06. The monoisotopic (exact) mass is 352 g/mol. The van der Waals surface area contributed by atoms with Crippen molar-refractivity contribution in [1.29, 1.82) is 0 Å². The maximum Gasteiger partial charge on any atom is 0.271 e. The van der Waals surface area contributed by atoms with Gasteiger partial charge in [-0.05, 0) is 30.5 Å². The van der Waals surface area contributed by atoms with Crippen LogP contribution >= 0.6 is 0 Å². The molecule has 1 saturated heterocycles. The number of nitrogens with zero attached hydrogens (tertiary/aromatic N) is 3. The van der Waals surface area contributed by atoms with E-state index in [0.717, 1.165) is 32.5 Å². The lowest BCUT2D eigenvalue weighted by Gasteiger charge is -2.32. The van der Waals surface area contributed by atoms with E-state index in [0.29, 0.717) is 11.3 Å². The third kappa shape index (κ3) is 3.75. The zero-order chi connectivity index (χ0) is 17.9. The second-order valence-corrected chi connectivity index (χ2v) is 6.75. The Kier molecular flexibility index (Phi) is 4.67. The van der Waals surface area contributed by atoms with E-state index in [2.05, 4.69) is 39.5 Å². The number of carbonyl (C=O) groups excluding carboxylic acids is 1. The van der Waals surface area contributed by atoms with Gasteiger partial charge in [0, 0.05) is 38.1 Å². The summed E-state index contributed by atoms with van der Waals surface area (Å²) in [6.07, 6.45) is 4.72. The number of benzene rings is 1. The Labute approximate surface area is 151 Å². The number of halogens is 1. The van der Waals surface area contributed by atoms with Gasteiger partial charge in [-0.15, -0.1) is 0 Å². The van der Waals surface area contributed by atoms with Crippen molar-refractivity contribution in [2.45, 2.75) is 25.4 Å². The average molecular weight is 352 g/mol. The van der Waals surface area contributed by atoms with Crippen LogP contribution < -0.4 is 5.32 Å². The Hall–Kier alpha value is -2.73. The summed E-state index contributed by atoms with van der Waals surface area (Å²) in [6, 6.07) is 13.5. The van der Waals surface area contributed by atoms with Crippen molar-refractivity contribution in [2.75, 3.05) is 13.1 Å². The van der Waals surface area contributed by atoms with Crippen molar-refractivity contribution >= 4 is 11.6 Å². The SMILES string of the molecule is O=C(NC1CCN(Cc2ccccc2)CC1)c1cn2cc(F)ccc2n1. The van der Waals surface area contributed by atoms with E-state index in [-0.39, 0.29) is 17.8 Å². The second kappa shape index (κ2) is 7.25. The smallest absolute Gasteiger partial charge is 0.271 e. The highest BCUT2D eigenvalue weighted by Crippen LogP contribution is 2.15. The first-order valence-electron chi connectivity index (χ1n) is 8.89. The number of pyridine rings is 1. The molecule has 0 spiro atoms. The van der Waals surface area contributed by atoms with Gasteiger partial charge in [0.25, 0.3) is 5.91 Å². The fourth-order valence-corrected chi connectivity index (χ4v) is 3.41. The number of carbonyl (C=O) groups is 1. The molecule has 4 rings (SSSR count). The van der Waals surface area contributed by atoms with Crippen LogP contribution in [0.1, 0.15) is 28.9 Å². The predicted molar refractivity (Wildman–Crippen MR) is 97.4 cm³/mol. The number of hydrogen-bond donors (Lipinski definition) is 1. The first-order chi connectivity index (χ1) is 12.7. The summed E-state index contributed by atoms with van der Waals surface area (Å²) in [4.78, 5) is 19.1. The Balaban J connectivity index is 1.32. The topological polar surface area (TPSA) is 49.6 Å². The summed E-state index contributed by atoms with van der Waals surface area (Å²) >= 11 is 0. The van der Waals surface area contributed by atoms with Gasteiger partial charge < -0.3 is 9.72 Å². The van der Waals surface area contributed by atoms with Crippen molar-refractivity contribution in [2.24, 2.45) is 0 Å². The number of likely N-dealkylation sites (tertiary alicyclic amines) is 1. The number of imidazole rings is 1. The fourth-order valence-electron chi connectivity index (χ4n) is 3.41. The van der Waals surface area contributed by atoms with Crippen molar-refractivity contribution < 1.29 is 9.18 Å². The molecule has 1 N–H and O–H groups in total. The second-order valence-electron chi connectivity index (χ2n) is 6.75. The lowest BCUT2D eigenvalue weighted by molar-refractivity contribution is 0.0904. The molecule has 0 bridgehead atoms. The van der Waals surface area contributed by atoms with Crippen molar-refractivity contribution in [3.8, 4) is 0 Å². The maximum absolute atomic E-state index is 13.3. The van der Waals surface area contributed by atoms with Crippen LogP contribution in [-0.2, 0) is 6.54 Å². The summed E-state index contributed by atoms with van der Waals surface area (Å²) < 4.78 is 14.8. The lowest BCUT2D eigenvalue weighted by atomic mass is 10.0. The minimum Gasteiger partial charge on any atom is -0.348 e. The lowest BCUT2D eigenvalue weighted by Crippen LogP contribution is -2.44. The molecule has 26 heavy (non-hydrogen) atoms. The van der Waals surface area contributed by atoms with E-state index in [1.54, 1.807) is 12.3 Å². The largest absolute Gasteiger partial charge is 0.348 e. The number of amides is 1. The van der Waals surface area contributed by atoms with Crippen LogP contribution in [0.2, 0.25) is 0 Å². The van der Waals surface area contributed by atoms with E-state index >= 15 is 0 Å². The maximum atomic E-state index is 13.3. The van der Waals surface area contributed by atoms with E-state index in [1.165, 1.54) is 22.2 Å². The number of rotatable bonds is 4. The normalized spacial score (nSPS) is 16.0. The van der Waals surface area contributed by atoms with Crippen LogP contribution in [0, 0.1) is 5.82 Å². The van der Waals surface area contributed by atoms with Gasteiger partial charge in [-0.1, -0.05) is 30.3 Å². The zero-order valence-electron chi connectivity index (χ0n) is 14.4. The van der Waals surface area contributed by atoms with Crippen LogP contribution in [0.5, 0.6) is 0 Å². The summed E-state index contributed by atoms with van der Waals surface area (Å²) in [7, 11) is 0. The molecule has 1 aliphatic heterocycles. The first kappa shape index (κ1) is 16.7. The number of nitrogens with one attached hydrogen (secondary N) is 1. The molecule has 0 radical (unpaired) electrons. The highest BCUT2D eigenvalue weighted by molar-refractivity contribution is 5.93. The Bertz CT molecular complexity index is 901.